The monoisotopic (exact) mass is 299 g/mol. The van der Waals surface area contributed by atoms with Crippen LogP contribution in [0, 0.1) is 0 Å². The molecule has 8 heteroatoms. The van der Waals surface area contributed by atoms with Crippen LogP contribution in [-0.2, 0) is 17.6 Å². The second kappa shape index (κ2) is 5.76. The Morgan fingerprint density at radius 2 is 2.10 bits per heavy atom. The first-order valence-electron chi connectivity index (χ1n) is 6.38. The number of carboxylic acids is 1. The van der Waals surface area contributed by atoms with Crippen molar-refractivity contribution < 1.29 is 19.8 Å². The van der Waals surface area contributed by atoms with Gasteiger partial charge in [-0.05, 0) is 32.6 Å². The number of nitrogens with one attached hydrogen (secondary N) is 2. The Morgan fingerprint density at radius 3 is 2.75 bits per heavy atom. The van der Waals surface area contributed by atoms with Crippen LogP contribution in [-0.4, -0.2) is 39.3 Å². The van der Waals surface area contributed by atoms with Gasteiger partial charge in [0.25, 0.3) is 0 Å². The number of anilines is 1. The van der Waals surface area contributed by atoms with E-state index in [2.05, 4.69) is 15.6 Å². The van der Waals surface area contributed by atoms with Crippen LogP contribution in [0.15, 0.2) is 0 Å². The SMILES string of the molecule is CC(O)(CNC(=O)Nc1nc2c(s1)CCCC2)C(=O)O. The Morgan fingerprint density at radius 1 is 1.40 bits per heavy atom. The second-order valence-electron chi connectivity index (χ2n) is 4.98. The third kappa shape index (κ3) is 3.45. The summed E-state index contributed by atoms with van der Waals surface area (Å²) in [5, 5.41) is 23.6. The van der Waals surface area contributed by atoms with Crippen molar-refractivity contribution in [1.82, 2.24) is 10.3 Å². The van der Waals surface area contributed by atoms with Gasteiger partial charge in [-0.1, -0.05) is 0 Å². The molecule has 0 aliphatic heterocycles. The van der Waals surface area contributed by atoms with Crippen molar-refractivity contribution in [2.24, 2.45) is 0 Å². The van der Waals surface area contributed by atoms with Crippen molar-refractivity contribution in [2.45, 2.75) is 38.2 Å². The Kier molecular flexibility index (Phi) is 4.24. The average molecular weight is 299 g/mol. The molecule has 1 heterocycles. The van der Waals surface area contributed by atoms with Gasteiger partial charge >= 0.3 is 12.0 Å². The number of nitrogens with zero attached hydrogens (tertiary/aromatic N) is 1. The number of aryl methyl sites for hydroxylation is 2. The molecule has 1 atom stereocenters. The lowest BCUT2D eigenvalue weighted by Crippen LogP contribution is -2.47. The molecule has 1 aromatic heterocycles. The summed E-state index contributed by atoms with van der Waals surface area (Å²) in [6.07, 6.45) is 4.18. The average Bonchev–Trinajstić information content (AvgIpc) is 2.78. The van der Waals surface area contributed by atoms with Crippen molar-refractivity contribution in [3.05, 3.63) is 10.6 Å². The van der Waals surface area contributed by atoms with Gasteiger partial charge in [-0.15, -0.1) is 11.3 Å². The molecular weight excluding hydrogens is 282 g/mol. The van der Waals surface area contributed by atoms with E-state index in [4.69, 9.17) is 5.11 Å². The van der Waals surface area contributed by atoms with Crippen molar-refractivity contribution in [2.75, 3.05) is 11.9 Å². The largest absolute Gasteiger partial charge is 0.479 e. The predicted octanol–water partition coefficient (Wildman–Crippen LogP) is 0.979. The molecule has 2 amide bonds. The van der Waals surface area contributed by atoms with Crippen LogP contribution in [0.2, 0.25) is 0 Å². The first-order valence-corrected chi connectivity index (χ1v) is 7.19. The van der Waals surface area contributed by atoms with Crippen LogP contribution >= 0.6 is 11.3 Å². The van der Waals surface area contributed by atoms with Gasteiger partial charge in [-0.25, -0.2) is 14.6 Å². The van der Waals surface area contributed by atoms with Crippen molar-refractivity contribution in [3.8, 4) is 0 Å². The number of aliphatic carboxylic acids is 1. The molecule has 1 aliphatic rings. The Balaban J connectivity index is 1.88. The molecule has 1 unspecified atom stereocenters. The van der Waals surface area contributed by atoms with Gasteiger partial charge in [-0.2, -0.15) is 0 Å². The normalized spacial score (nSPS) is 16.9. The number of carbonyl (C=O) groups excluding carboxylic acids is 1. The highest BCUT2D eigenvalue weighted by atomic mass is 32.1. The number of aromatic nitrogens is 1. The molecule has 1 aromatic rings. The van der Waals surface area contributed by atoms with E-state index < -0.39 is 17.6 Å². The highest BCUT2D eigenvalue weighted by Crippen LogP contribution is 2.29. The molecule has 4 N–H and O–H groups in total. The summed E-state index contributed by atoms with van der Waals surface area (Å²) in [6.45, 7) is 0.747. The molecule has 0 saturated carbocycles. The van der Waals surface area contributed by atoms with Gasteiger partial charge in [-0.3, -0.25) is 5.32 Å². The Labute approximate surface area is 120 Å². The lowest BCUT2D eigenvalue weighted by atomic mass is 10.0. The molecule has 0 bridgehead atoms. The first-order chi connectivity index (χ1) is 9.38. The number of urea groups is 1. The minimum absolute atomic E-state index is 0.376. The van der Waals surface area contributed by atoms with E-state index >= 15 is 0 Å². The van der Waals surface area contributed by atoms with E-state index in [-0.39, 0.29) is 6.54 Å². The van der Waals surface area contributed by atoms with Crippen molar-refractivity contribution in [1.29, 1.82) is 0 Å². The van der Waals surface area contributed by atoms with E-state index in [1.54, 1.807) is 0 Å². The van der Waals surface area contributed by atoms with Crippen LogP contribution in [0.5, 0.6) is 0 Å². The van der Waals surface area contributed by atoms with Gasteiger partial charge in [0.05, 0.1) is 12.2 Å². The number of aliphatic hydroxyl groups is 1. The van der Waals surface area contributed by atoms with Crippen molar-refractivity contribution >= 4 is 28.5 Å². The number of fused-ring (bicyclic) bond motifs is 1. The molecule has 1 aliphatic carbocycles. The fraction of sp³-hybridized carbons (Fsp3) is 0.583. The summed E-state index contributed by atoms with van der Waals surface area (Å²) >= 11 is 1.44. The molecule has 0 aromatic carbocycles. The third-order valence-corrected chi connectivity index (χ3v) is 4.19. The fourth-order valence-corrected chi connectivity index (χ4v) is 2.92. The topological polar surface area (TPSA) is 112 Å². The van der Waals surface area contributed by atoms with E-state index in [0.717, 1.165) is 38.3 Å². The van der Waals surface area contributed by atoms with E-state index in [9.17, 15) is 14.7 Å². The van der Waals surface area contributed by atoms with E-state index in [0.29, 0.717) is 5.13 Å². The predicted molar refractivity (Wildman–Crippen MR) is 74.0 cm³/mol. The summed E-state index contributed by atoms with van der Waals surface area (Å²) in [5.41, 5.74) is -0.950. The molecule has 0 fully saturated rings. The molecule has 2 rings (SSSR count). The van der Waals surface area contributed by atoms with Crippen molar-refractivity contribution in [3.63, 3.8) is 0 Å². The molecular formula is C12H17N3O4S. The smallest absolute Gasteiger partial charge is 0.337 e. The summed E-state index contributed by atoms with van der Waals surface area (Å²) < 4.78 is 0. The summed E-state index contributed by atoms with van der Waals surface area (Å²) in [6, 6.07) is -0.572. The first kappa shape index (κ1) is 14.7. The number of hydrogen-bond acceptors (Lipinski definition) is 5. The summed E-state index contributed by atoms with van der Waals surface area (Å²) in [7, 11) is 0. The fourth-order valence-electron chi connectivity index (χ4n) is 1.87. The summed E-state index contributed by atoms with van der Waals surface area (Å²) in [4.78, 5) is 27.9. The molecule has 0 radical (unpaired) electrons. The van der Waals surface area contributed by atoms with E-state index in [1.807, 2.05) is 0 Å². The number of thiazole rings is 1. The zero-order valence-corrected chi connectivity index (χ0v) is 11.9. The summed E-state index contributed by atoms with van der Waals surface area (Å²) in [5.74, 6) is -1.39. The molecule has 20 heavy (non-hydrogen) atoms. The highest BCUT2D eigenvalue weighted by molar-refractivity contribution is 7.15. The number of carboxylic acid groups (broad SMARTS) is 1. The molecule has 110 valence electrons. The van der Waals surface area contributed by atoms with Crippen LogP contribution in [0.25, 0.3) is 0 Å². The van der Waals surface area contributed by atoms with Gasteiger partial charge < -0.3 is 15.5 Å². The minimum Gasteiger partial charge on any atom is -0.479 e. The van der Waals surface area contributed by atoms with Gasteiger partial charge in [0.15, 0.2) is 10.7 Å². The highest BCUT2D eigenvalue weighted by Gasteiger charge is 2.30. The maximum absolute atomic E-state index is 11.6. The van der Waals surface area contributed by atoms with Crippen LogP contribution in [0.3, 0.4) is 0 Å². The van der Waals surface area contributed by atoms with Crippen LogP contribution in [0.1, 0.15) is 30.3 Å². The lowest BCUT2D eigenvalue weighted by molar-refractivity contribution is -0.155. The number of rotatable bonds is 4. The van der Waals surface area contributed by atoms with Gasteiger partial charge in [0.1, 0.15) is 0 Å². The zero-order chi connectivity index (χ0) is 14.8. The number of carbonyl (C=O) groups is 2. The van der Waals surface area contributed by atoms with E-state index in [1.165, 1.54) is 16.2 Å². The molecule has 7 nitrogen and oxygen atoms in total. The number of amides is 2. The maximum atomic E-state index is 11.6. The van der Waals surface area contributed by atoms with Gasteiger partial charge in [0, 0.05) is 4.88 Å². The quantitative estimate of drug-likeness (QED) is 0.662. The maximum Gasteiger partial charge on any atom is 0.337 e. The van der Waals surface area contributed by atoms with Crippen LogP contribution in [0.4, 0.5) is 9.93 Å². The number of hydrogen-bond donors (Lipinski definition) is 4. The van der Waals surface area contributed by atoms with Crippen LogP contribution < -0.4 is 10.6 Å². The molecule has 0 spiro atoms. The second-order valence-corrected chi connectivity index (χ2v) is 6.07. The Bertz CT molecular complexity index is 503. The molecule has 0 saturated heterocycles. The standard InChI is InChI=1S/C12H17N3O4S/c1-12(19,9(16)17)6-13-10(18)15-11-14-7-4-2-3-5-8(7)20-11/h19H,2-6H2,1H3,(H,16,17)(H2,13,14,15,18). The lowest BCUT2D eigenvalue weighted by Gasteiger charge is -2.18. The minimum atomic E-state index is -1.99. The van der Waals surface area contributed by atoms with Gasteiger partial charge in [0.2, 0.25) is 0 Å². The Hall–Kier alpha value is -1.67. The zero-order valence-electron chi connectivity index (χ0n) is 11.1. The third-order valence-electron chi connectivity index (χ3n) is 3.12.